The van der Waals surface area contributed by atoms with Crippen LogP contribution >= 0.6 is 0 Å². The molecule has 0 fully saturated rings. The SMILES string of the molecule is CC(C)C(N)CC(=O)NCC1Cc2ccccc21. The molecule has 0 heterocycles. The molecular formula is C15H22N2O. The van der Waals surface area contributed by atoms with Crippen LogP contribution in [0.4, 0.5) is 0 Å². The number of nitrogens with two attached hydrogens (primary N) is 1. The van der Waals surface area contributed by atoms with E-state index in [-0.39, 0.29) is 11.9 Å². The van der Waals surface area contributed by atoms with Gasteiger partial charge >= 0.3 is 0 Å². The Balaban J connectivity index is 1.75. The lowest BCUT2D eigenvalue weighted by molar-refractivity contribution is -0.121. The molecule has 1 aromatic rings. The average molecular weight is 246 g/mol. The van der Waals surface area contributed by atoms with Gasteiger partial charge in [-0.05, 0) is 23.5 Å². The minimum atomic E-state index is -0.0429. The van der Waals surface area contributed by atoms with Gasteiger partial charge in [-0.25, -0.2) is 0 Å². The maximum absolute atomic E-state index is 11.7. The van der Waals surface area contributed by atoms with Crippen LogP contribution in [-0.4, -0.2) is 18.5 Å². The van der Waals surface area contributed by atoms with Crippen molar-refractivity contribution in [3.63, 3.8) is 0 Å². The molecule has 0 aromatic heterocycles. The highest BCUT2D eigenvalue weighted by Crippen LogP contribution is 2.33. The van der Waals surface area contributed by atoms with E-state index < -0.39 is 0 Å². The summed E-state index contributed by atoms with van der Waals surface area (Å²) in [5, 5.41) is 2.99. The summed E-state index contributed by atoms with van der Waals surface area (Å²) >= 11 is 0. The fraction of sp³-hybridized carbons (Fsp3) is 0.533. The number of hydrogen-bond acceptors (Lipinski definition) is 2. The Kier molecular flexibility index (Phi) is 4.02. The number of amides is 1. The lowest BCUT2D eigenvalue weighted by Gasteiger charge is -2.30. The van der Waals surface area contributed by atoms with Crippen molar-refractivity contribution >= 4 is 5.91 Å². The molecule has 18 heavy (non-hydrogen) atoms. The van der Waals surface area contributed by atoms with Gasteiger partial charge in [0.25, 0.3) is 0 Å². The van der Waals surface area contributed by atoms with E-state index in [2.05, 4.69) is 29.6 Å². The van der Waals surface area contributed by atoms with Crippen LogP contribution in [0, 0.1) is 5.92 Å². The summed E-state index contributed by atoms with van der Waals surface area (Å²) in [4.78, 5) is 11.7. The largest absolute Gasteiger partial charge is 0.355 e. The van der Waals surface area contributed by atoms with E-state index >= 15 is 0 Å². The molecule has 0 spiro atoms. The lowest BCUT2D eigenvalue weighted by atomic mass is 9.77. The summed E-state index contributed by atoms with van der Waals surface area (Å²) in [6.07, 6.45) is 1.50. The van der Waals surface area contributed by atoms with E-state index in [4.69, 9.17) is 5.73 Å². The highest BCUT2D eigenvalue weighted by Gasteiger charge is 2.25. The Labute approximate surface area is 109 Å². The summed E-state index contributed by atoms with van der Waals surface area (Å²) in [5.41, 5.74) is 8.68. The van der Waals surface area contributed by atoms with Crippen LogP contribution in [0.1, 0.15) is 37.3 Å². The van der Waals surface area contributed by atoms with E-state index in [0.29, 0.717) is 18.3 Å². The second-order valence-electron chi connectivity index (χ2n) is 5.52. The first-order valence-corrected chi connectivity index (χ1v) is 6.68. The maximum atomic E-state index is 11.7. The molecule has 2 rings (SSSR count). The molecule has 1 aliphatic carbocycles. The summed E-state index contributed by atoms with van der Waals surface area (Å²) < 4.78 is 0. The topological polar surface area (TPSA) is 55.1 Å². The number of carbonyl (C=O) groups is 1. The zero-order valence-corrected chi connectivity index (χ0v) is 11.1. The first kappa shape index (κ1) is 13.1. The number of nitrogens with one attached hydrogen (secondary N) is 1. The minimum Gasteiger partial charge on any atom is -0.355 e. The van der Waals surface area contributed by atoms with Crippen LogP contribution in [0.25, 0.3) is 0 Å². The second-order valence-corrected chi connectivity index (χ2v) is 5.52. The quantitative estimate of drug-likeness (QED) is 0.832. The summed E-state index contributed by atoms with van der Waals surface area (Å²) in [6, 6.07) is 8.38. The number of carbonyl (C=O) groups excluding carboxylic acids is 1. The number of benzene rings is 1. The third kappa shape index (κ3) is 2.91. The smallest absolute Gasteiger partial charge is 0.221 e. The van der Waals surface area contributed by atoms with E-state index in [9.17, 15) is 4.79 Å². The van der Waals surface area contributed by atoms with Gasteiger partial charge in [0.15, 0.2) is 0 Å². The molecule has 1 aliphatic rings. The highest BCUT2D eigenvalue weighted by atomic mass is 16.1. The Bertz CT molecular complexity index is 428. The van der Waals surface area contributed by atoms with E-state index in [0.717, 1.165) is 13.0 Å². The second kappa shape index (κ2) is 5.53. The van der Waals surface area contributed by atoms with Crippen LogP contribution in [0.2, 0.25) is 0 Å². The summed E-state index contributed by atoms with van der Waals surface area (Å²) in [6.45, 7) is 4.82. The molecule has 1 amide bonds. The highest BCUT2D eigenvalue weighted by molar-refractivity contribution is 5.76. The molecule has 0 saturated heterocycles. The molecule has 98 valence electrons. The first-order chi connectivity index (χ1) is 8.58. The maximum Gasteiger partial charge on any atom is 0.221 e. The lowest BCUT2D eigenvalue weighted by Crippen LogP contribution is -2.38. The molecule has 1 aromatic carbocycles. The van der Waals surface area contributed by atoms with E-state index in [1.165, 1.54) is 11.1 Å². The Morgan fingerprint density at radius 1 is 1.44 bits per heavy atom. The third-order valence-corrected chi connectivity index (χ3v) is 3.78. The Hall–Kier alpha value is -1.35. The fourth-order valence-electron chi connectivity index (χ4n) is 2.30. The average Bonchev–Trinajstić information content (AvgIpc) is 2.30. The third-order valence-electron chi connectivity index (χ3n) is 3.78. The zero-order valence-electron chi connectivity index (χ0n) is 11.1. The van der Waals surface area contributed by atoms with Crippen LogP contribution < -0.4 is 11.1 Å². The predicted octanol–water partition coefficient (Wildman–Crippen LogP) is 1.82. The van der Waals surface area contributed by atoms with Gasteiger partial charge in [0.05, 0.1) is 0 Å². The van der Waals surface area contributed by atoms with Crippen molar-refractivity contribution in [2.45, 2.75) is 38.6 Å². The number of rotatable bonds is 5. The molecule has 2 unspecified atom stereocenters. The summed E-state index contributed by atoms with van der Waals surface area (Å²) in [7, 11) is 0. The first-order valence-electron chi connectivity index (χ1n) is 6.68. The molecule has 0 aliphatic heterocycles. The Morgan fingerprint density at radius 3 is 2.83 bits per heavy atom. The van der Waals surface area contributed by atoms with Crippen molar-refractivity contribution in [1.29, 1.82) is 0 Å². The van der Waals surface area contributed by atoms with Gasteiger partial charge in [0, 0.05) is 24.9 Å². The van der Waals surface area contributed by atoms with Crippen molar-refractivity contribution < 1.29 is 4.79 Å². The van der Waals surface area contributed by atoms with Crippen molar-refractivity contribution in [3.8, 4) is 0 Å². The van der Waals surface area contributed by atoms with Crippen molar-refractivity contribution in [1.82, 2.24) is 5.32 Å². The van der Waals surface area contributed by atoms with Crippen molar-refractivity contribution in [3.05, 3.63) is 35.4 Å². The van der Waals surface area contributed by atoms with Crippen LogP contribution in [0.3, 0.4) is 0 Å². The van der Waals surface area contributed by atoms with Gasteiger partial charge in [-0.1, -0.05) is 38.1 Å². The van der Waals surface area contributed by atoms with Gasteiger partial charge in [0.2, 0.25) is 5.91 Å². The van der Waals surface area contributed by atoms with Crippen molar-refractivity contribution in [2.75, 3.05) is 6.54 Å². The standard InChI is InChI=1S/C15H22N2O/c1-10(2)14(16)8-15(18)17-9-12-7-11-5-3-4-6-13(11)12/h3-6,10,12,14H,7-9,16H2,1-2H3,(H,17,18). The van der Waals surface area contributed by atoms with Gasteiger partial charge in [-0.2, -0.15) is 0 Å². The van der Waals surface area contributed by atoms with E-state index in [1.54, 1.807) is 0 Å². The molecular weight excluding hydrogens is 224 g/mol. The Morgan fingerprint density at radius 2 is 2.17 bits per heavy atom. The van der Waals surface area contributed by atoms with Crippen LogP contribution in [-0.2, 0) is 11.2 Å². The van der Waals surface area contributed by atoms with E-state index in [1.807, 2.05) is 13.8 Å². The van der Waals surface area contributed by atoms with Gasteiger partial charge in [0.1, 0.15) is 0 Å². The zero-order chi connectivity index (χ0) is 13.1. The molecule has 3 heteroatoms. The number of hydrogen-bond donors (Lipinski definition) is 2. The van der Waals surface area contributed by atoms with Crippen molar-refractivity contribution in [2.24, 2.45) is 11.7 Å². The van der Waals surface area contributed by atoms with Gasteiger partial charge in [-0.3, -0.25) is 4.79 Å². The molecule has 0 bridgehead atoms. The summed E-state index contributed by atoms with van der Waals surface area (Å²) in [5.74, 6) is 0.904. The molecule has 3 nitrogen and oxygen atoms in total. The monoisotopic (exact) mass is 246 g/mol. The van der Waals surface area contributed by atoms with Gasteiger partial charge in [-0.15, -0.1) is 0 Å². The molecule has 3 N–H and O–H groups in total. The van der Waals surface area contributed by atoms with Gasteiger partial charge < -0.3 is 11.1 Å². The fourth-order valence-corrected chi connectivity index (χ4v) is 2.30. The van der Waals surface area contributed by atoms with Crippen LogP contribution in [0.5, 0.6) is 0 Å². The predicted molar refractivity (Wildman–Crippen MR) is 73.3 cm³/mol. The molecule has 0 radical (unpaired) electrons. The number of fused-ring (bicyclic) bond motifs is 1. The molecule has 2 atom stereocenters. The normalized spacial score (nSPS) is 19.0. The molecule has 0 saturated carbocycles. The minimum absolute atomic E-state index is 0.0429. The van der Waals surface area contributed by atoms with Crippen LogP contribution in [0.15, 0.2) is 24.3 Å².